The molecule has 0 fully saturated rings. The third-order valence-electron chi connectivity index (χ3n) is 3.50. The Bertz CT molecular complexity index is 539. The lowest BCUT2D eigenvalue weighted by Gasteiger charge is -2.27. The molecule has 2 aromatic rings. The third-order valence-corrected chi connectivity index (χ3v) is 4.54. The maximum atomic E-state index is 12.4. The van der Waals surface area contributed by atoms with Crippen molar-refractivity contribution in [3.63, 3.8) is 0 Å². The van der Waals surface area contributed by atoms with Gasteiger partial charge in [0.1, 0.15) is 0 Å². The summed E-state index contributed by atoms with van der Waals surface area (Å²) in [5.74, 6) is -0.0187. The summed E-state index contributed by atoms with van der Waals surface area (Å²) in [4.78, 5) is 15.3. The Balaban J connectivity index is 1.99. The van der Waals surface area contributed by atoms with Gasteiger partial charge in [0.05, 0.1) is 12.1 Å². The minimum Gasteiger partial charge on any atom is -0.337 e. The molecule has 1 amide bonds. The zero-order valence-electron chi connectivity index (χ0n) is 11.8. The molecular weight excluding hydrogens is 268 g/mol. The predicted octanol–water partition coefficient (Wildman–Crippen LogP) is 2.84. The Morgan fingerprint density at radius 3 is 2.55 bits per heavy atom. The lowest BCUT2D eigenvalue weighted by Crippen LogP contribution is -2.43. The Morgan fingerprint density at radius 1 is 1.25 bits per heavy atom. The van der Waals surface area contributed by atoms with E-state index in [1.807, 2.05) is 61.8 Å². The molecule has 4 heteroatoms. The fourth-order valence-electron chi connectivity index (χ4n) is 2.13. The van der Waals surface area contributed by atoms with Gasteiger partial charge in [-0.1, -0.05) is 36.4 Å². The molecule has 0 bridgehead atoms. The molecule has 3 nitrogen and oxygen atoms in total. The molecule has 0 saturated carbocycles. The molecule has 2 rings (SSSR count). The molecule has 2 atom stereocenters. The molecule has 20 heavy (non-hydrogen) atoms. The quantitative estimate of drug-likeness (QED) is 0.919. The molecule has 0 aliphatic carbocycles. The Labute approximate surface area is 124 Å². The van der Waals surface area contributed by atoms with Crippen molar-refractivity contribution in [1.82, 2.24) is 4.90 Å². The van der Waals surface area contributed by atoms with Crippen LogP contribution in [0.5, 0.6) is 0 Å². The van der Waals surface area contributed by atoms with Gasteiger partial charge in [-0.05, 0) is 30.4 Å². The van der Waals surface area contributed by atoms with Gasteiger partial charge in [-0.2, -0.15) is 0 Å². The topological polar surface area (TPSA) is 46.3 Å². The zero-order chi connectivity index (χ0) is 14.5. The summed E-state index contributed by atoms with van der Waals surface area (Å²) >= 11 is 1.66. The van der Waals surface area contributed by atoms with Crippen molar-refractivity contribution >= 4 is 17.2 Å². The van der Waals surface area contributed by atoms with Gasteiger partial charge in [0.2, 0.25) is 5.91 Å². The summed E-state index contributed by atoms with van der Waals surface area (Å²) in [5.41, 5.74) is 7.14. The number of nitrogens with zero attached hydrogens (tertiary/aromatic N) is 1. The monoisotopic (exact) mass is 288 g/mol. The number of carbonyl (C=O) groups is 1. The van der Waals surface area contributed by atoms with Crippen LogP contribution in [-0.2, 0) is 11.2 Å². The van der Waals surface area contributed by atoms with Crippen LogP contribution in [0.3, 0.4) is 0 Å². The van der Waals surface area contributed by atoms with E-state index in [1.54, 1.807) is 16.2 Å². The SMILES string of the molecule is CC(c1cccs1)N(C)C(=O)[C@H](N)Cc1ccccc1. The lowest BCUT2D eigenvalue weighted by molar-refractivity contribution is -0.133. The van der Waals surface area contributed by atoms with Crippen LogP contribution in [0, 0.1) is 0 Å². The van der Waals surface area contributed by atoms with Crippen molar-refractivity contribution < 1.29 is 4.79 Å². The van der Waals surface area contributed by atoms with Crippen LogP contribution in [0.15, 0.2) is 47.8 Å². The minimum atomic E-state index is -0.496. The maximum absolute atomic E-state index is 12.4. The van der Waals surface area contributed by atoms with E-state index in [4.69, 9.17) is 5.73 Å². The van der Waals surface area contributed by atoms with Crippen molar-refractivity contribution in [2.45, 2.75) is 25.4 Å². The Morgan fingerprint density at radius 2 is 1.95 bits per heavy atom. The Kier molecular flexibility index (Phi) is 4.93. The number of thiophene rings is 1. The van der Waals surface area contributed by atoms with E-state index in [0.717, 1.165) is 5.56 Å². The van der Waals surface area contributed by atoms with E-state index in [-0.39, 0.29) is 11.9 Å². The minimum absolute atomic E-state index is 0.0187. The number of likely N-dealkylation sites (N-methyl/N-ethyl adjacent to an activating group) is 1. The first-order valence-corrected chi connectivity index (χ1v) is 7.57. The first-order chi connectivity index (χ1) is 9.59. The molecule has 106 valence electrons. The number of rotatable bonds is 5. The first-order valence-electron chi connectivity index (χ1n) is 6.69. The highest BCUT2D eigenvalue weighted by Crippen LogP contribution is 2.23. The van der Waals surface area contributed by atoms with Crippen molar-refractivity contribution in [3.05, 3.63) is 58.3 Å². The van der Waals surface area contributed by atoms with Crippen LogP contribution < -0.4 is 5.73 Å². The maximum Gasteiger partial charge on any atom is 0.240 e. The number of hydrogen-bond acceptors (Lipinski definition) is 3. The summed E-state index contributed by atoms with van der Waals surface area (Å²) in [6, 6.07) is 13.5. The number of benzene rings is 1. The van der Waals surface area contributed by atoms with Gasteiger partial charge in [0, 0.05) is 11.9 Å². The summed E-state index contributed by atoms with van der Waals surface area (Å²) in [6.45, 7) is 2.03. The van der Waals surface area contributed by atoms with Crippen LogP contribution in [-0.4, -0.2) is 23.9 Å². The highest BCUT2D eigenvalue weighted by atomic mass is 32.1. The second-order valence-electron chi connectivity index (χ2n) is 4.94. The molecular formula is C16H20N2OS. The predicted molar refractivity (Wildman–Crippen MR) is 83.6 cm³/mol. The molecule has 1 aromatic carbocycles. The van der Waals surface area contributed by atoms with Gasteiger partial charge in [-0.3, -0.25) is 4.79 Å². The fourth-order valence-corrected chi connectivity index (χ4v) is 2.95. The molecule has 0 spiro atoms. The van der Waals surface area contributed by atoms with E-state index in [1.165, 1.54) is 4.88 Å². The van der Waals surface area contributed by atoms with Crippen LogP contribution in [0.2, 0.25) is 0 Å². The standard InChI is InChI=1S/C16H20N2OS/c1-12(15-9-6-10-20-15)18(2)16(19)14(17)11-13-7-4-3-5-8-13/h3-10,12,14H,11,17H2,1-2H3/t12?,14-/m1/s1. The normalized spacial score (nSPS) is 13.8. The van der Waals surface area contributed by atoms with Gasteiger partial charge in [-0.15, -0.1) is 11.3 Å². The van der Waals surface area contributed by atoms with Gasteiger partial charge in [-0.25, -0.2) is 0 Å². The van der Waals surface area contributed by atoms with E-state index in [2.05, 4.69) is 0 Å². The molecule has 1 aromatic heterocycles. The smallest absolute Gasteiger partial charge is 0.240 e. The van der Waals surface area contributed by atoms with Crippen LogP contribution in [0.1, 0.15) is 23.4 Å². The average Bonchev–Trinajstić information content (AvgIpc) is 3.00. The second-order valence-corrected chi connectivity index (χ2v) is 5.92. The van der Waals surface area contributed by atoms with Crippen molar-refractivity contribution in [1.29, 1.82) is 0 Å². The Hall–Kier alpha value is -1.65. The molecule has 0 saturated heterocycles. The number of carbonyl (C=O) groups excluding carboxylic acids is 1. The first kappa shape index (κ1) is 14.8. The molecule has 2 N–H and O–H groups in total. The number of nitrogens with two attached hydrogens (primary N) is 1. The third kappa shape index (κ3) is 3.46. The van der Waals surface area contributed by atoms with E-state index in [0.29, 0.717) is 6.42 Å². The summed E-state index contributed by atoms with van der Waals surface area (Å²) < 4.78 is 0. The highest BCUT2D eigenvalue weighted by molar-refractivity contribution is 7.10. The lowest BCUT2D eigenvalue weighted by atomic mass is 10.1. The number of amides is 1. The van der Waals surface area contributed by atoms with Crippen molar-refractivity contribution in [3.8, 4) is 0 Å². The second kappa shape index (κ2) is 6.68. The van der Waals surface area contributed by atoms with Crippen molar-refractivity contribution in [2.24, 2.45) is 5.73 Å². The van der Waals surface area contributed by atoms with Gasteiger partial charge in [0.25, 0.3) is 0 Å². The molecule has 0 radical (unpaired) electrons. The summed E-state index contributed by atoms with van der Waals surface area (Å²) in [7, 11) is 1.82. The molecule has 0 aliphatic rings. The van der Waals surface area contributed by atoms with Gasteiger partial charge >= 0.3 is 0 Å². The van der Waals surface area contributed by atoms with Gasteiger partial charge < -0.3 is 10.6 Å². The van der Waals surface area contributed by atoms with Crippen LogP contribution in [0.4, 0.5) is 0 Å². The average molecular weight is 288 g/mol. The zero-order valence-corrected chi connectivity index (χ0v) is 12.6. The number of hydrogen-bond donors (Lipinski definition) is 1. The van der Waals surface area contributed by atoms with Crippen LogP contribution in [0.25, 0.3) is 0 Å². The fraction of sp³-hybridized carbons (Fsp3) is 0.312. The van der Waals surface area contributed by atoms with E-state index in [9.17, 15) is 4.79 Å². The highest BCUT2D eigenvalue weighted by Gasteiger charge is 2.23. The van der Waals surface area contributed by atoms with E-state index >= 15 is 0 Å². The summed E-state index contributed by atoms with van der Waals surface area (Å²) in [5, 5.41) is 2.02. The van der Waals surface area contributed by atoms with Crippen molar-refractivity contribution in [2.75, 3.05) is 7.05 Å². The molecule has 1 heterocycles. The van der Waals surface area contributed by atoms with Gasteiger partial charge in [0.15, 0.2) is 0 Å². The van der Waals surface area contributed by atoms with E-state index < -0.39 is 6.04 Å². The van der Waals surface area contributed by atoms with Crippen LogP contribution >= 0.6 is 11.3 Å². The largest absolute Gasteiger partial charge is 0.337 e. The molecule has 1 unspecified atom stereocenters. The molecule has 0 aliphatic heterocycles. The summed E-state index contributed by atoms with van der Waals surface area (Å²) in [6.07, 6.45) is 0.571.